The highest BCUT2D eigenvalue weighted by atomic mass is 16.5. The van der Waals surface area contributed by atoms with Gasteiger partial charge in [-0.1, -0.05) is 19.3 Å². The summed E-state index contributed by atoms with van der Waals surface area (Å²) in [5.41, 5.74) is 0.717. The minimum atomic E-state index is -0.119. The van der Waals surface area contributed by atoms with Crippen LogP contribution in [-0.2, 0) is 9.53 Å². The number of ether oxygens (including phenoxy) is 1. The Morgan fingerprint density at radius 3 is 2.85 bits per heavy atom. The number of aromatic nitrogens is 1. The number of nitrogens with one attached hydrogen (secondary N) is 1. The van der Waals surface area contributed by atoms with Crippen LogP contribution in [0.2, 0.25) is 0 Å². The van der Waals surface area contributed by atoms with Crippen molar-refractivity contribution in [3.05, 3.63) is 18.3 Å². The van der Waals surface area contributed by atoms with E-state index in [0.717, 1.165) is 24.3 Å². The summed E-state index contributed by atoms with van der Waals surface area (Å²) in [6, 6.07) is 3.66. The maximum absolute atomic E-state index is 11.9. The van der Waals surface area contributed by atoms with Crippen LogP contribution in [-0.4, -0.2) is 37.7 Å². The lowest BCUT2D eigenvalue weighted by Crippen LogP contribution is -2.25. The monoisotopic (exact) mass is 277 g/mol. The Bertz CT molecular complexity index is 442. The van der Waals surface area contributed by atoms with Gasteiger partial charge in [0.15, 0.2) is 5.82 Å². The summed E-state index contributed by atoms with van der Waals surface area (Å²) >= 11 is 0. The summed E-state index contributed by atoms with van der Waals surface area (Å²) in [4.78, 5) is 18.1. The van der Waals surface area contributed by atoms with Crippen LogP contribution in [0, 0.1) is 0 Å². The van der Waals surface area contributed by atoms with E-state index in [4.69, 9.17) is 4.74 Å². The number of rotatable bonds is 5. The number of amides is 1. The third kappa shape index (κ3) is 4.20. The Kier molecular flexibility index (Phi) is 5.35. The average molecular weight is 277 g/mol. The summed E-state index contributed by atoms with van der Waals surface area (Å²) < 4.78 is 5.67. The van der Waals surface area contributed by atoms with E-state index in [9.17, 15) is 4.79 Å². The zero-order chi connectivity index (χ0) is 14.4. The molecule has 5 nitrogen and oxygen atoms in total. The molecule has 1 aliphatic carbocycles. The highest BCUT2D eigenvalue weighted by Crippen LogP contribution is 2.21. The summed E-state index contributed by atoms with van der Waals surface area (Å²) in [6.07, 6.45) is 7.81. The maximum Gasteiger partial charge on any atom is 0.250 e. The molecule has 0 aromatic carbocycles. The van der Waals surface area contributed by atoms with Crippen LogP contribution in [0.3, 0.4) is 0 Å². The van der Waals surface area contributed by atoms with Crippen LogP contribution in [0.1, 0.15) is 32.1 Å². The molecule has 1 aliphatic rings. The molecule has 20 heavy (non-hydrogen) atoms. The average Bonchev–Trinajstić information content (AvgIpc) is 2.46. The first kappa shape index (κ1) is 14.8. The first-order chi connectivity index (χ1) is 9.66. The second kappa shape index (κ2) is 7.24. The Balaban J connectivity index is 1.85. The lowest BCUT2D eigenvalue weighted by Gasteiger charge is -2.22. The summed E-state index contributed by atoms with van der Waals surface area (Å²) in [7, 11) is 3.80. The minimum absolute atomic E-state index is 0.117. The molecule has 1 aromatic heterocycles. The van der Waals surface area contributed by atoms with Crippen LogP contribution >= 0.6 is 0 Å². The van der Waals surface area contributed by atoms with Gasteiger partial charge in [-0.05, 0) is 25.0 Å². The number of hydrogen-bond donors (Lipinski definition) is 1. The molecule has 1 aromatic rings. The van der Waals surface area contributed by atoms with Crippen LogP contribution in [0.5, 0.6) is 0 Å². The van der Waals surface area contributed by atoms with Gasteiger partial charge in [-0.2, -0.15) is 0 Å². The third-order valence-corrected chi connectivity index (χ3v) is 3.49. The quantitative estimate of drug-likeness (QED) is 0.898. The fraction of sp³-hybridized carbons (Fsp3) is 0.600. The normalized spacial score (nSPS) is 15.9. The Morgan fingerprint density at radius 1 is 1.40 bits per heavy atom. The van der Waals surface area contributed by atoms with E-state index in [0.29, 0.717) is 0 Å². The van der Waals surface area contributed by atoms with Crippen LogP contribution < -0.4 is 10.2 Å². The highest BCUT2D eigenvalue weighted by Gasteiger charge is 2.16. The molecular formula is C15H23N3O2. The molecule has 0 aliphatic heterocycles. The molecule has 1 saturated carbocycles. The van der Waals surface area contributed by atoms with E-state index in [1.54, 1.807) is 6.20 Å². The number of anilines is 2. The fourth-order valence-electron chi connectivity index (χ4n) is 2.46. The van der Waals surface area contributed by atoms with Crippen molar-refractivity contribution >= 4 is 17.4 Å². The van der Waals surface area contributed by atoms with Gasteiger partial charge in [-0.15, -0.1) is 0 Å². The SMILES string of the molecule is CN(C)c1ncccc1NC(=O)COC1CCCCC1. The third-order valence-electron chi connectivity index (χ3n) is 3.49. The van der Waals surface area contributed by atoms with Gasteiger partial charge in [0.25, 0.3) is 0 Å². The van der Waals surface area contributed by atoms with Gasteiger partial charge >= 0.3 is 0 Å². The molecule has 1 heterocycles. The van der Waals surface area contributed by atoms with E-state index in [2.05, 4.69) is 10.3 Å². The minimum Gasteiger partial charge on any atom is -0.368 e. The van der Waals surface area contributed by atoms with Gasteiger partial charge < -0.3 is 15.0 Å². The van der Waals surface area contributed by atoms with Crippen molar-refractivity contribution in [3.8, 4) is 0 Å². The molecule has 0 bridgehead atoms. The largest absolute Gasteiger partial charge is 0.368 e. The van der Waals surface area contributed by atoms with Crippen molar-refractivity contribution in [2.45, 2.75) is 38.2 Å². The van der Waals surface area contributed by atoms with E-state index < -0.39 is 0 Å². The van der Waals surface area contributed by atoms with E-state index in [1.165, 1.54) is 19.3 Å². The van der Waals surface area contributed by atoms with Crippen molar-refractivity contribution < 1.29 is 9.53 Å². The van der Waals surface area contributed by atoms with Gasteiger partial charge in [0.1, 0.15) is 6.61 Å². The lowest BCUT2D eigenvalue weighted by atomic mass is 9.98. The first-order valence-electron chi connectivity index (χ1n) is 7.20. The molecule has 1 amide bonds. The van der Waals surface area contributed by atoms with Crippen LogP contribution in [0.15, 0.2) is 18.3 Å². The molecule has 5 heteroatoms. The summed E-state index contributed by atoms with van der Waals surface area (Å²) in [5.74, 6) is 0.630. The summed E-state index contributed by atoms with van der Waals surface area (Å²) in [5, 5.41) is 2.86. The van der Waals surface area contributed by atoms with Crippen molar-refractivity contribution in [3.63, 3.8) is 0 Å². The topological polar surface area (TPSA) is 54.5 Å². The van der Waals surface area contributed by atoms with Gasteiger partial charge in [0.2, 0.25) is 5.91 Å². The van der Waals surface area contributed by atoms with Gasteiger partial charge in [0.05, 0.1) is 11.8 Å². The molecule has 1 fully saturated rings. The molecule has 110 valence electrons. The molecule has 1 N–H and O–H groups in total. The first-order valence-corrected chi connectivity index (χ1v) is 7.20. The zero-order valence-electron chi connectivity index (χ0n) is 12.3. The fourth-order valence-corrected chi connectivity index (χ4v) is 2.46. The Morgan fingerprint density at radius 2 is 2.15 bits per heavy atom. The lowest BCUT2D eigenvalue weighted by molar-refractivity contribution is -0.123. The Labute approximate surface area is 120 Å². The smallest absolute Gasteiger partial charge is 0.250 e. The van der Waals surface area contributed by atoms with Gasteiger partial charge in [-0.25, -0.2) is 4.98 Å². The van der Waals surface area contributed by atoms with Gasteiger partial charge in [-0.3, -0.25) is 4.79 Å². The zero-order valence-corrected chi connectivity index (χ0v) is 12.3. The molecule has 2 rings (SSSR count). The van der Waals surface area contributed by atoms with Crippen molar-refractivity contribution in [1.29, 1.82) is 0 Å². The molecule has 0 saturated heterocycles. The second-order valence-corrected chi connectivity index (χ2v) is 5.39. The predicted molar refractivity (Wildman–Crippen MR) is 80.0 cm³/mol. The number of carbonyl (C=O) groups is 1. The van der Waals surface area contributed by atoms with Crippen LogP contribution in [0.4, 0.5) is 11.5 Å². The molecule has 0 spiro atoms. The van der Waals surface area contributed by atoms with Gasteiger partial charge in [0, 0.05) is 20.3 Å². The second-order valence-electron chi connectivity index (χ2n) is 5.39. The van der Waals surface area contributed by atoms with Crippen LogP contribution in [0.25, 0.3) is 0 Å². The van der Waals surface area contributed by atoms with E-state index in [-0.39, 0.29) is 18.6 Å². The highest BCUT2D eigenvalue weighted by molar-refractivity contribution is 5.94. The summed E-state index contributed by atoms with van der Waals surface area (Å²) in [6.45, 7) is 0.117. The maximum atomic E-state index is 11.9. The number of nitrogens with zero attached hydrogens (tertiary/aromatic N) is 2. The molecular weight excluding hydrogens is 254 g/mol. The van der Waals surface area contributed by atoms with E-state index in [1.807, 2.05) is 31.1 Å². The van der Waals surface area contributed by atoms with Crippen molar-refractivity contribution in [2.75, 3.05) is 30.9 Å². The van der Waals surface area contributed by atoms with E-state index >= 15 is 0 Å². The standard InChI is InChI=1S/C15H23N3O2/c1-18(2)15-13(9-6-10-16-15)17-14(19)11-20-12-7-4-3-5-8-12/h6,9-10,12H,3-5,7-8,11H2,1-2H3,(H,17,19). The van der Waals surface area contributed by atoms with Crippen molar-refractivity contribution in [1.82, 2.24) is 4.98 Å². The molecule has 0 atom stereocenters. The molecule has 0 unspecified atom stereocenters. The molecule has 0 radical (unpaired) electrons. The van der Waals surface area contributed by atoms with Crippen molar-refractivity contribution in [2.24, 2.45) is 0 Å². The number of hydrogen-bond acceptors (Lipinski definition) is 4. The number of carbonyl (C=O) groups excluding carboxylic acids is 1. The predicted octanol–water partition coefficient (Wildman–Crippen LogP) is 2.44. The Hall–Kier alpha value is -1.62. The number of pyridine rings is 1.